The van der Waals surface area contributed by atoms with Gasteiger partial charge in [0.1, 0.15) is 0 Å². The molecule has 0 unspecified atom stereocenters. The molecule has 0 spiro atoms. The van der Waals surface area contributed by atoms with Crippen molar-refractivity contribution in [2.24, 2.45) is 0 Å². The van der Waals surface area contributed by atoms with Crippen LogP contribution in [-0.4, -0.2) is 8.32 Å². The smallest absolute Gasteiger partial charge is 0.592 e. The van der Waals surface area contributed by atoms with Crippen LogP contribution in [0.5, 0.6) is 0 Å². The van der Waals surface area contributed by atoms with Gasteiger partial charge in [-0.15, -0.1) is 0 Å². The van der Waals surface area contributed by atoms with E-state index in [4.69, 9.17) is 4.43 Å². The van der Waals surface area contributed by atoms with Gasteiger partial charge in [-0.3, -0.25) is 0 Å². The van der Waals surface area contributed by atoms with Crippen molar-refractivity contribution in [2.75, 3.05) is 0 Å². The van der Waals surface area contributed by atoms with Crippen LogP contribution in [0.2, 0.25) is 19.1 Å². The first-order valence-corrected chi connectivity index (χ1v) is 7.73. The molecule has 0 radical (unpaired) electrons. The standard InChI is InChI=1S/C9H21OSi.Li/c1-5-7-9-11(3,4)10-8-6-2;/h8H,5-7,9H2,1-4H3;/q-1;+1. The van der Waals surface area contributed by atoms with Gasteiger partial charge in [-0.1, -0.05) is 26.7 Å². The summed E-state index contributed by atoms with van der Waals surface area (Å²) in [6.07, 6.45) is 3.63. The van der Waals surface area contributed by atoms with Gasteiger partial charge in [0.25, 0.3) is 0 Å². The number of hydrogen-bond donors (Lipinski definition) is 0. The third-order valence-corrected chi connectivity index (χ3v) is 4.06. The Labute approximate surface area is 90.6 Å². The van der Waals surface area contributed by atoms with Gasteiger partial charge in [-0.2, -0.15) is 6.42 Å². The molecule has 0 aromatic rings. The van der Waals surface area contributed by atoms with Crippen LogP contribution in [0, 0.1) is 6.61 Å². The van der Waals surface area contributed by atoms with Crippen LogP contribution < -0.4 is 18.9 Å². The van der Waals surface area contributed by atoms with Crippen LogP contribution in [0.4, 0.5) is 0 Å². The summed E-state index contributed by atoms with van der Waals surface area (Å²) in [5.41, 5.74) is 0. The molecule has 3 heteroatoms. The zero-order chi connectivity index (χ0) is 8.74. The molecule has 0 aliphatic carbocycles. The maximum atomic E-state index is 5.69. The van der Waals surface area contributed by atoms with Crippen molar-refractivity contribution in [1.29, 1.82) is 0 Å². The summed E-state index contributed by atoms with van der Waals surface area (Å²) >= 11 is 0. The van der Waals surface area contributed by atoms with Crippen LogP contribution in [-0.2, 0) is 4.43 Å². The second-order valence-corrected chi connectivity index (χ2v) is 7.81. The topological polar surface area (TPSA) is 9.23 Å². The molecule has 0 bridgehead atoms. The van der Waals surface area contributed by atoms with Gasteiger partial charge in [-0.25, -0.2) is 6.61 Å². The molecule has 0 atom stereocenters. The van der Waals surface area contributed by atoms with E-state index in [2.05, 4.69) is 26.9 Å². The Kier molecular flexibility index (Phi) is 10.6. The van der Waals surface area contributed by atoms with E-state index in [-0.39, 0.29) is 18.9 Å². The molecular weight excluding hydrogens is 159 g/mol. The third-order valence-electron chi connectivity index (χ3n) is 1.70. The van der Waals surface area contributed by atoms with Crippen molar-refractivity contribution in [3.63, 3.8) is 0 Å². The Morgan fingerprint density at radius 3 is 2.25 bits per heavy atom. The number of hydrogen-bond acceptors (Lipinski definition) is 1. The van der Waals surface area contributed by atoms with Gasteiger partial charge in [0.2, 0.25) is 0 Å². The zero-order valence-electron chi connectivity index (χ0n) is 9.31. The second-order valence-electron chi connectivity index (χ2n) is 3.56. The van der Waals surface area contributed by atoms with Gasteiger partial charge in [0.15, 0.2) is 8.32 Å². The maximum absolute atomic E-state index is 5.69. The molecule has 0 saturated heterocycles. The summed E-state index contributed by atoms with van der Waals surface area (Å²) in [5, 5.41) is 0. The van der Waals surface area contributed by atoms with Gasteiger partial charge >= 0.3 is 18.9 Å². The van der Waals surface area contributed by atoms with E-state index in [1.807, 2.05) is 6.61 Å². The van der Waals surface area contributed by atoms with E-state index in [1.165, 1.54) is 18.9 Å². The minimum absolute atomic E-state index is 0. The van der Waals surface area contributed by atoms with Crippen molar-refractivity contribution in [2.45, 2.75) is 52.2 Å². The molecule has 0 amide bonds. The van der Waals surface area contributed by atoms with E-state index in [9.17, 15) is 0 Å². The molecule has 0 heterocycles. The van der Waals surface area contributed by atoms with Crippen molar-refractivity contribution in [1.82, 2.24) is 0 Å². The molecule has 68 valence electrons. The minimum atomic E-state index is -1.30. The number of unbranched alkanes of at least 4 members (excludes halogenated alkanes) is 1. The van der Waals surface area contributed by atoms with Crippen molar-refractivity contribution in [3.8, 4) is 0 Å². The van der Waals surface area contributed by atoms with E-state index < -0.39 is 8.32 Å². The summed E-state index contributed by atoms with van der Waals surface area (Å²) in [7, 11) is -1.30. The van der Waals surface area contributed by atoms with Crippen molar-refractivity contribution < 1.29 is 23.3 Å². The Morgan fingerprint density at radius 1 is 1.25 bits per heavy atom. The molecule has 1 nitrogen and oxygen atoms in total. The monoisotopic (exact) mass is 180 g/mol. The predicted octanol–water partition coefficient (Wildman–Crippen LogP) is 0.584. The first-order valence-electron chi connectivity index (χ1n) is 4.62. The zero-order valence-corrected chi connectivity index (χ0v) is 10.3. The fraction of sp³-hybridized carbons (Fsp3) is 0.889. The molecule has 0 saturated carbocycles. The minimum Gasteiger partial charge on any atom is -0.592 e. The van der Waals surface area contributed by atoms with E-state index in [0.29, 0.717) is 0 Å². The molecule has 0 N–H and O–H groups in total. The van der Waals surface area contributed by atoms with Crippen LogP contribution >= 0.6 is 0 Å². The maximum Gasteiger partial charge on any atom is 1.00 e. The van der Waals surface area contributed by atoms with Crippen molar-refractivity contribution in [3.05, 3.63) is 6.61 Å². The van der Waals surface area contributed by atoms with Crippen LogP contribution in [0.3, 0.4) is 0 Å². The fourth-order valence-electron chi connectivity index (χ4n) is 0.970. The summed E-state index contributed by atoms with van der Waals surface area (Å²) in [6, 6.07) is 1.29. The summed E-state index contributed by atoms with van der Waals surface area (Å²) in [5.74, 6) is 0. The van der Waals surface area contributed by atoms with E-state index in [0.717, 1.165) is 6.42 Å². The molecule has 0 aliphatic rings. The first-order chi connectivity index (χ1) is 5.12. The molecule has 0 aromatic carbocycles. The Hall–Kier alpha value is 0.774. The van der Waals surface area contributed by atoms with E-state index >= 15 is 0 Å². The molecule has 0 rings (SSSR count). The SMILES string of the molecule is CC[CH-]O[Si](C)(C)CCCC.[Li+]. The van der Waals surface area contributed by atoms with Crippen LogP contribution in [0.1, 0.15) is 33.1 Å². The Balaban J connectivity index is 0. The predicted molar refractivity (Wildman–Crippen MR) is 52.9 cm³/mol. The molecule has 0 aliphatic heterocycles. The quantitative estimate of drug-likeness (QED) is 0.429. The summed E-state index contributed by atoms with van der Waals surface area (Å²) in [6.45, 7) is 10.9. The summed E-state index contributed by atoms with van der Waals surface area (Å²) < 4.78 is 5.69. The van der Waals surface area contributed by atoms with Gasteiger partial charge < -0.3 is 4.43 Å². The number of rotatable bonds is 6. The normalized spacial score (nSPS) is 11.0. The third kappa shape index (κ3) is 8.87. The van der Waals surface area contributed by atoms with Gasteiger partial charge in [0, 0.05) is 0 Å². The average molecular weight is 180 g/mol. The largest absolute Gasteiger partial charge is 1.00 e. The van der Waals surface area contributed by atoms with Gasteiger partial charge in [-0.05, 0) is 19.1 Å². The van der Waals surface area contributed by atoms with Crippen molar-refractivity contribution >= 4 is 8.32 Å². The fourth-order valence-corrected chi connectivity index (χ4v) is 2.91. The van der Waals surface area contributed by atoms with Gasteiger partial charge in [0.05, 0.1) is 0 Å². The van der Waals surface area contributed by atoms with E-state index in [1.54, 1.807) is 0 Å². The van der Waals surface area contributed by atoms with Crippen LogP contribution in [0.25, 0.3) is 0 Å². The molecular formula is C9H21LiOSi. The molecule has 12 heavy (non-hydrogen) atoms. The first kappa shape index (κ1) is 15.3. The Morgan fingerprint density at radius 2 is 1.83 bits per heavy atom. The molecule has 0 aromatic heterocycles. The average Bonchev–Trinajstić information content (AvgIpc) is 1.97. The van der Waals surface area contributed by atoms with Crippen LogP contribution in [0.15, 0.2) is 0 Å². The molecule has 0 fully saturated rings. The summed E-state index contributed by atoms with van der Waals surface area (Å²) in [4.78, 5) is 0. The Bertz CT molecular complexity index is 86.5. The second kappa shape index (κ2) is 8.38.